The Morgan fingerprint density at radius 2 is 2.08 bits per heavy atom. The van der Waals surface area contributed by atoms with Crippen LogP contribution in [0.3, 0.4) is 0 Å². The number of carbonyl (C=O) groups excluding carboxylic acids is 2. The fourth-order valence-electron chi connectivity index (χ4n) is 3.99. The van der Waals surface area contributed by atoms with E-state index < -0.39 is 12.1 Å². The standard InChI is InChI=1S/C20H28O4/c1-12-7-5-9-13(2)17(21)18-15(14(3)19(22)23-18)11-16-20(4,24-16)10-6-8-12/h8,13,15-16,18H,3,5-7,9-11H2,1-2,4H3/t13-,15-,16+,18+,20-/m0/s1. The summed E-state index contributed by atoms with van der Waals surface area (Å²) in [5.41, 5.74) is 1.67. The summed E-state index contributed by atoms with van der Waals surface area (Å²) in [6.07, 6.45) is 7.16. The summed E-state index contributed by atoms with van der Waals surface area (Å²) in [5, 5.41) is 0. The molecule has 0 aromatic rings. The number of ketones is 1. The summed E-state index contributed by atoms with van der Waals surface area (Å²) in [6, 6.07) is 0. The number of ether oxygens (including phenoxy) is 2. The summed E-state index contributed by atoms with van der Waals surface area (Å²) in [6.45, 7) is 10.1. The molecule has 0 radical (unpaired) electrons. The molecule has 2 aliphatic heterocycles. The van der Waals surface area contributed by atoms with Gasteiger partial charge in [-0.3, -0.25) is 4.79 Å². The third kappa shape index (κ3) is 3.34. The molecular formula is C20H28O4. The van der Waals surface area contributed by atoms with Gasteiger partial charge in [-0.05, 0) is 52.4 Å². The van der Waals surface area contributed by atoms with Crippen molar-refractivity contribution in [3.05, 3.63) is 23.8 Å². The van der Waals surface area contributed by atoms with Gasteiger partial charge in [-0.1, -0.05) is 25.2 Å². The van der Waals surface area contributed by atoms with E-state index in [1.807, 2.05) is 6.92 Å². The second-order valence-electron chi connectivity index (χ2n) is 7.90. The van der Waals surface area contributed by atoms with Gasteiger partial charge in [0.25, 0.3) is 0 Å². The minimum absolute atomic E-state index is 0.0352. The van der Waals surface area contributed by atoms with Gasteiger partial charge in [-0.15, -0.1) is 0 Å². The topological polar surface area (TPSA) is 55.9 Å². The molecule has 0 spiro atoms. The van der Waals surface area contributed by atoms with E-state index >= 15 is 0 Å². The van der Waals surface area contributed by atoms with Crippen LogP contribution in [0.25, 0.3) is 0 Å². The zero-order valence-electron chi connectivity index (χ0n) is 15.0. The van der Waals surface area contributed by atoms with Crippen molar-refractivity contribution in [2.45, 2.75) is 77.1 Å². The first-order valence-electron chi connectivity index (χ1n) is 9.09. The number of epoxide rings is 1. The maximum atomic E-state index is 12.8. The molecular weight excluding hydrogens is 304 g/mol. The van der Waals surface area contributed by atoms with E-state index in [0.29, 0.717) is 12.0 Å². The highest BCUT2D eigenvalue weighted by Crippen LogP contribution is 2.47. The molecule has 0 aromatic heterocycles. The first kappa shape index (κ1) is 17.4. The number of rotatable bonds is 0. The van der Waals surface area contributed by atoms with E-state index in [-0.39, 0.29) is 29.3 Å². The maximum Gasteiger partial charge on any atom is 0.334 e. The van der Waals surface area contributed by atoms with Gasteiger partial charge in [0, 0.05) is 17.4 Å². The first-order valence-corrected chi connectivity index (χ1v) is 9.09. The molecule has 4 nitrogen and oxygen atoms in total. The Morgan fingerprint density at radius 1 is 1.33 bits per heavy atom. The third-order valence-corrected chi connectivity index (χ3v) is 5.92. The molecule has 0 aromatic carbocycles. The van der Waals surface area contributed by atoms with E-state index in [1.165, 1.54) is 5.57 Å². The van der Waals surface area contributed by atoms with Crippen LogP contribution < -0.4 is 0 Å². The number of fused-ring (bicyclic) bond motifs is 2. The second-order valence-corrected chi connectivity index (χ2v) is 7.90. The van der Waals surface area contributed by atoms with Crippen LogP contribution in [0.5, 0.6) is 0 Å². The van der Waals surface area contributed by atoms with Crippen molar-refractivity contribution < 1.29 is 19.1 Å². The summed E-state index contributed by atoms with van der Waals surface area (Å²) >= 11 is 0. The fraction of sp³-hybridized carbons (Fsp3) is 0.700. The van der Waals surface area contributed by atoms with Gasteiger partial charge in [-0.25, -0.2) is 4.79 Å². The molecule has 2 fully saturated rings. The summed E-state index contributed by atoms with van der Waals surface area (Å²) in [7, 11) is 0. The predicted octanol–water partition coefficient (Wildman–Crippen LogP) is 3.75. The van der Waals surface area contributed by atoms with Crippen LogP contribution in [0.15, 0.2) is 23.8 Å². The van der Waals surface area contributed by atoms with Crippen LogP contribution >= 0.6 is 0 Å². The number of hydrogen-bond acceptors (Lipinski definition) is 4. The lowest BCUT2D eigenvalue weighted by Crippen LogP contribution is -2.33. The van der Waals surface area contributed by atoms with Gasteiger partial charge in [-0.2, -0.15) is 0 Å². The lowest BCUT2D eigenvalue weighted by atomic mass is 9.82. The van der Waals surface area contributed by atoms with Crippen molar-refractivity contribution in [1.82, 2.24) is 0 Å². The molecule has 24 heavy (non-hydrogen) atoms. The van der Waals surface area contributed by atoms with Crippen molar-refractivity contribution in [2.24, 2.45) is 11.8 Å². The molecule has 3 rings (SSSR count). The molecule has 5 atom stereocenters. The highest BCUT2D eigenvalue weighted by molar-refractivity contribution is 5.98. The van der Waals surface area contributed by atoms with E-state index in [1.54, 1.807) is 0 Å². The van der Waals surface area contributed by atoms with Crippen LogP contribution in [0, 0.1) is 11.8 Å². The Morgan fingerprint density at radius 3 is 2.83 bits per heavy atom. The lowest BCUT2D eigenvalue weighted by molar-refractivity contribution is -0.148. The molecule has 0 N–H and O–H groups in total. The summed E-state index contributed by atoms with van der Waals surface area (Å²) < 4.78 is 11.3. The zero-order valence-corrected chi connectivity index (χ0v) is 15.0. The molecule has 0 saturated carbocycles. The van der Waals surface area contributed by atoms with Gasteiger partial charge >= 0.3 is 5.97 Å². The molecule has 1 aliphatic carbocycles. The SMILES string of the molecule is C=C1C(=O)O[C@H]2C(=O)[C@@H](C)CCCC(C)=CCC[C@]3(C)O[C@@H]3C[C@@H]12. The average molecular weight is 332 g/mol. The number of hydrogen-bond donors (Lipinski definition) is 0. The summed E-state index contributed by atoms with van der Waals surface area (Å²) in [5.74, 6) is -0.722. The minimum Gasteiger partial charge on any atom is -0.450 e. The highest BCUT2D eigenvalue weighted by atomic mass is 16.6. The van der Waals surface area contributed by atoms with Crippen LogP contribution in [0.2, 0.25) is 0 Å². The average Bonchev–Trinajstić information content (AvgIpc) is 3.08. The second kappa shape index (κ2) is 6.47. The Bertz CT molecular complexity index is 590. The molecule has 4 heteroatoms. The van der Waals surface area contributed by atoms with Crippen molar-refractivity contribution in [2.75, 3.05) is 0 Å². The fourth-order valence-corrected chi connectivity index (χ4v) is 3.99. The van der Waals surface area contributed by atoms with E-state index in [9.17, 15) is 9.59 Å². The molecule has 0 bridgehead atoms. The lowest BCUT2D eigenvalue weighted by Gasteiger charge is -2.20. The Kier molecular flexibility index (Phi) is 4.69. The van der Waals surface area contributed by atoms with Crippen LogP contribution in [-0.4, -0.2) is 29.6 Å². The van der Waals surface area contributed by atoms with Gasteiger partial charge in [0.05, 0.1) is 11.7 Å². The number of esters is 1. The maximum absolute atomic E-state index is 12.8. The van der Waals surface area contributed by atoms with E-state index in [0.717, 1.165) is 32.1 Å². The molecule has 2 saturated heterocycles. The van der Waals surface area contributed by atoms with Crippen molar-refractivity contribution >= 4 is 11.8 Å². The van der Waals surface area contributed by atoms with Crippen molar-refractivity contribution in [3.63, 3.8) is 0 Å². The largest absolute Gasteiger partial charge is 0.450 e. The molecule has 0 unspecified atom stereocenters. The number of carbonyl (C=O) groups is 2. The van der Waals surface area contributed by atoms with E-state index in [2.05, 4.69) is 26.5 Å². The number of Topliss-reactive ketones (excluding diaryl/α,β-unsaturated/α-hetero) is 1. The number of allylic oxidation sites excluding steroid dienone is 2. The molecule has 2 heterocycles. The van der Waals surface area contributed by atoms with E-state index in [4.69, 9.17) is 9.47 Å². The normalized spacial score (nSPS) is 41.0. The Balaban J connectivity index is 1.81. The summed E-state index contributed by atoms with van der Waals surface area (Å²) in [4.78, 5) is 24.8. The quantitative estimate of drug-likeness (QED) is 0.293. The Hall–Kier alpha value is -1.42. The van der Waals surface area contributed by atoms with Crippen LogP contribution in [0.4, 0.5) is 0 Å². The van der Waals surface area contributed by atoms with Crippen LogP contribution in [0.1, 0.15) is 59.3 Å². The van der Waals surface area contributed by atoms with Crippen molar-refractivity contribution in [3.8, 4) is 0 Å². The van der Waals surface area contributed by atoms with Crippen LogP contribution in [-0.2, 0) is 19.1 Å². The van der Waals surface area contributed by atoms with Gasteiger partial charge < -0.3 is 9.47 Å². The minimum atomic E-state index is -0.673. The smallest absolute Gasteiger partial charge is 0.334 e. The highest BCUT2D eigenvalue weighted by Gasteiger charge is 2.55. The zero-order chi connectivity index (χ0) is 17.5. The van der Waals surface area contributed by atoms with Gasteiger partial charge in [0.15, 0.2) is 11.9 Å². The molecule has 0 amide bonds. The molecule has 3 aliphatic rings. The Labute approximate surface area is 144 Å². The van der Waals surface area contributed by atoms with Gasteiger partial charge in [0.2, 0.25) is 0 Å². The van der Waals surface area contributed by atoms with Crippen molar-refractivity contribution in [1.29, 1.82) is 0 Å². The predicted molar refractivity (Wildman–Crippen MR) is 91.4 cm³/mol. The van der Waals surface area contributed by atoms with Gasteiger partial charge in [0.1, 0.15) is 0 Å². The first-order chi connectivity index (χ1) is 11.3. The monoisotopic (exact) mass is 332 g/mol. The third-order valence-electron chi connectivity index (χ3n) is 5.92. The molecule has 132 valence electrons.